The molecule has 1 aliphatic heterocycles. The van der Waals surface area contributed by atoms with Gasteiger partial charge in [-0.15, -0.1) is 0 Å². The summed E-state index contributed by atoms with van der Waals surface area (Å²) < 4.78 is 30.0. The summed E-state index contributed by atoms with van der Waals surface area (Å²) in [7, 11) is 3.54. The third kappa shape index (κ3) is 5.35. The van der Waals surface area contributed by atoms with E-state index in [2.05, 4.69) is 15.6 Å². The summed E-state index contributed by atoms with van der Waals surface area (Å²) in [6.45, 7) is 2.94. The topological polar surface area (TPSA) is 64.1 Å². The predicted octanol–water partition coefficient (Wildman–Crippen LogP) is 3.00. The number of guanidine groups is 1. The van der Waals surface area contributed by atoms with Crippen molar-refractivity contribution in [3.05, 3.63) is 29.1 Å². The highest BCUT2D eigenvalue weighted by Crippen LogP contribution is 2.40. The third-order valence-corrected chi connectivity index (χ3v) is 5.79. The van der Waals surface area contributed by atoms with Crippen LogP contribution in [0.25, 0.3) is 0 Å². The van der Waals surface area contributed by atoms with Crippen LogP contribution in [-0.4, -0.2) is 46.6 Å². The maximum Gasteiger partial charge on any atom is 0.191 e. The first-order valence-electron chi connectivity index (χ1n) is 10.1. The summed E-state index contributed by atoms with van der Waals surface area (Å²) in [6.07, 6.45) is 6.75. The standard InChI is InChI=1S/C21H32FN3O3/c1-23-20(25-14-21(8-10-26-2)6-3-4-7-21)24-9-5-16-11-18(22)12-17-13-27-15-28-19(16)17/h11-12H,3-10,13-15H2,1-2H3,(H2,23,24,25). The van der Waals surface area contributed by atoms with Crippen molar-refractivity contribution >= 4 is 5.96 Å². The van der Waals surface area contributed by atoms with Crippen molar-refractivity contribution in [2.24, 2.45) is 10.4 Å². The fourth-order valence-electron chi connectivity index (χ4n) is 4.21. The van der Waals surface area contributed by atoms with Crippen LogP contribution in [0, 0.1) is 11.2 Å². The molecule has 1 aliphatic carbocycles. The van der Waals surface area contributed by atoms with Crippen molar-refractivity contribution in [2.75, 3.05) is 40.6 Å². The van der Waals surface area contributed by atoms with E-state index in [0.717, 1.165) is 42.4 Å². The van der Waals surface area contributed by atoms with E-state index in [9.17, 15) is 4.39 Å². The van der Waals surface area contributed by atoms with Crippen LogP contribution in [0.15, 0.2) is 17.1 Å². The molecule has 2 N–H and O–H groups in total. The highest BCUT2D eigenvalue weighted by atomic mass is 19.1. The van der Waals surface area contributed by atoms with Gasteiger partial charge in [-0.2, -0.15) is 0 Å². The lowest BCUT2D eigenvalue weighted by Crippen LogP contribution is -2.44. The number of rotatable bonds is 8. The second kappa shape index (κ2) is 10.1. The number of halogens is 1. The minimum atomic E-state index is -0.258. The average molecular weight is 394 g/mol. The molecule has 7 heteroatoms. The SMILES string of the molecule is CN=C(NCCc1cc(F)cc2c1OCOC2)NCC1(CCOC)CCCC1. The fourth-order valence-corrected chi connectivity index (χ4v) is 4.21. The summed E-state index contributed by atoms with van der Waals surface area (Å²) >= 11 is 0. The Morgan fingerprint density at radius 2 is 2.11 bits per heavy atom. The van der Waals surface area contributed by atoms with E-state index < -0.39 is 0 Å². The zero-order chi connectivity index (χ0) is 19.8. The Morgan fingerprint density at radius 1 is 1.29 bits per heavy atom. The third-order valence-electron chi connectivity index (χ3n) is 5.79. The molecule has 0 radical (unpaired) electrons. The number of nitrogens with one attached hydrogen (secondary N) is 2. The van der Waals surface area contributed by atoms with Gasteiger partial charge in [0.2, 0.25) is 0 Å². The van der Waals surface area contributed by atoms with Crippen LogP contribution in [0.5, 0.6) is 5.75 Å². The lowest BCUT2D eigenvalue weighted by molar-refractivity contribution is -0.0172. The maximum atomic E-state index is 13.9. The summed E-state index contributed by atoms with van der Waals surface area (Å²) in [6, 6.07) is 3.02. The van der Waals surface area contributed by atoms with Crippen molar-refractivity contribution < 1.29 is 18.6 Å². The molecule has 156 valence electrons. The Bertz CT molecular complexity index is 675. The van der Waals surface area contributed by atoms with Crippen molar-refractivity contribution in [1.82, 2.24) is 10.6 Å². The van der Waals surface area contributed by atoms with Crippen LogP contribution in [-0.2, 0) is 22.5 Å². The van der Waals surface area contributed by atoms with Crippen LogP contribution in [0.2, 0.25) is 0 Å². The van der Waals surface area contributed by atoms with Gasteiger partial charge in [0.15, 0.2) is 12.8 Å². The van der Waals surface area contributed by atoms with Crippen molar-refractivity contribution in [1.29, 1.82) is 0 Å². The molecule has 1 fully saturated rings. The van der Waals surface area contributed by atoms with Gasteiger partial charge in [0, 0.05) is 39.4 Å². The molecule has 3 rings (SSSR count). The Kier molecular flexibility index (Phi) is 7.50. The zero-order valence-electron chi connectivity index (χ0n) is 17.0. The van der Waals surface area contributed by atoms with E-state index in [1.807, 2.05) is 0 Å². The Labute approximate surface area is 166 Å². The molecular formula is C21H32FN3O3. The number of nitrogens with zero attached hydrogens (tertiary/aromatic N) is 1. The normalized spacial score (nSPS) is 18.5. The van der Waals surface area contributed by atoms with E-state index in [1.54, 1.807) is 20.2 Å². The van der Waals surface area contributed by atoms with E-state index in [0.29, 0.717) is 25.0 Å². The fraction of sp³-hybridized carbons (Fsp3) is 0.667. The second-order valence-corrected chi connectivity index (χ2v) is 7.72. The van der Waals surface area contributed by atoms with Crippen molar-refractivity contribution in [3.8, 4) is 5.75 Å². The molecule has 0 unspecified atom stereocenters. The van der Waals surface area contributed by atoms with Crippen LogP contribution in [0.4, 0.5) is 4.39 Å². The zero-order valence-corrected chi connectivity index (χ0v) is 17.0. The molecule has 2 aliphatic rings. The first kappa shape index (κ1) is 20.9. The summed E-state index contributed by atoms with van der Waals surface area (Å²) in [4.78, 5) is 4.33. The Balaban J connectivity index is 1.52. The molecule has 6 nitrogen and oxygen atoms in total. The molecule has 28 heavy (non-hydrogen) atoms. The minimum absolute atomic E-state index is 0.214. The summed E-state index contributed by atoms with van der Waals surface area (Å²) in [5, 5.41) is 6.82. The largest absolute Gasteiger partial charge is 0.467 e. The molecule has 1 saturated carbocycles. The number of ether oxygens (including phenoxy) is 3. The first-order valence-corrected chi connectivity index (χ1v) is 10.1. The lowest BCUT2D eigenvalue weighted by Gasteiger charge is -2.30. The molecule has 0 aromatic heterocycles. The Morgan fingerprint density at radius 3 is 2.86 bits per heavy atom. The molecule has 0 amide bonds. The number of hydrogen-bond acceptors (Lipinski definition) is 4. The average Bonchev–Trinajstić information content (AvgIpc) is 3.18. The van der Waals surface area contributed by atoms with Gasteiger partial charge in [-0.05, 0) is 48.8 Å². The van der Waals surface area contributed by atoms with E-state index in [-0.39, 0.29) is 12.6 Å². The highest BCUT2D eigenvalue weighted by Gasteiger charge is 2.33. The smallest absolute Gasteiger partial charge is 0.191 e. The van der Waals surface area contributed by atoms with Crippen LogP contribution in [0.1, 0.15) is 43.2 Å². The predicted molar refractivity (Wildman–Crippen MR) is 107 cm³/mol. The summed E-state index contributed by atoms with van der Waals surface area (Å²) in [5.41, 5.74) is 1.92. The first-order chi connectivity index (χ1) is 13.7. The number of aliphatic imine (C=N–C) groups is 1. The molecule has 0 saturated heterocycles. The Hall–Kier alpha value is -1.86. The molecule has 0 bridgehead atoms. The van der Waals surface area contributed by atoms with Gasteiger partial charge in [0.25, 0.3) is 0 Å². The monoisotopic (exact) mass is 393 g/mol. The number of benzene rings is 1. The second-order valence-electron chi connectivity index (χ2n) is 7.72. The molecular weight excluding hydrogens is 361 g/mol. The van der Waals surface area contributed by atoms with E-state index >= 15 is 0 Å². The minimum Gasteiger partial charge on any atom is -0.467 e. The highest BCUT2D eigenvalue weighted by molar-refractivity contribution is 5.79. The van der Waals surface area contributed by atoms with Gasteiger partial charge in [-0.1, -0.05) is 12.8 Å². The van der Waals surface area contributed by atoms with Gasteiger partial charge in [-0.3, -0.25) is 4.99 Å². The number of methoxy groups -OCH3 is 1. The van der Waals surface area contributed by atoms with Crippen molar-refractivity contribution in [3.63, 3.8) is 0 Å². The number of hydrogen-bond donors (Lipinski definition) is 2. The lowest BCUT2D eigenvalue weighted by atomic mass is 9.83. The summed E-state index contributed by atoms with van der Waals surface area (Å²) in [5.74, 6) is 1.27. The van der Waals surface area contributed by atoms with E-state index in [1.165, 1.54) is 31.7 Å². The van der Waals surface area contributed by atoms with Gasteiger partial charge in [0.05, 0.1) is 6.61 Å². The quantitative estimate of drug-likeness (QED) is 0.525. The van der Waals surface area contributed by atoms with Crippen LogP contribution in [0.3, 0.4) is 0 Å². The van der Waals surface area contributed by atoms with E-state index in [4.69, 9.17) is 14.2 Å². The van der Waals surface area contributed by atoms with Gasteiger partial charge >= 0.3 is 0 Å². The maximum absolute atomic E-state index is 13.9. The molecule has 0 atom stereocenters. The molecule has 1 heterocycles. The van der Waals surface area contributed by atoms with Gasteiger partial charge in [0.1, 0.15) is 11.6 Å². The molecule has 1 aromatic carbocycles. The number of fused-ring (bicyclic) bond motifs is 1. The van der Waals surface area contributed by atoms with Crippen LogP contribution >= 0.6 is 0 Å². The van der Waals surface area contributed by atoms with Gasteiger partial charge in [-0.25, -0.2) is 4.39 Å². The van der Waals surface area contributed by atoms with Crippen LogP contribution < -0.4 is 15.4 Å². The molecule has 0 spiro atoms. The molecule has 1 aromatic rings. The van der Waals surface area contributed by atoms with Crippen molar-refractivity contribution in [2.45, 2.75) is 45.1 Å². The van der Waals surface area contributed by atoms with Gasteiger partial charge < -0.3 is 24.8 Å².